The second-order valence-corrected chi connectivity index (χ2v) is 7.62. The highest BCUT2D eigenvalue weighted by Crippen LogP contribution is 2.18. The number of amides is 2. The SMILES string of the molecule is CCN1C(=O)C(C=NCCSCc2cccs2)C(=O)N(CC)C1=S. The lowest BCUT2D eigenvalue weighted by Gasteiger charge is -2.37. The van der Waals surface area contributed by atoms with Crippen LogP contribution in [0, 0.1) is 5.92 Å². The third-order valence-electron chi connectivity index (χ3n) is 3.60. The van der Waals surface area contributed by atoms with Crippen LogP contribution in [0.2, 0.25) is 0 Å². The van der Waals surface area contributed by atoms with Crippen molar-refractivity contribution in [2.45, 2.75) is 19.6 Å². The van der Waals surface area contributed by atoms with Gasteiger partial charge in [-0.15, -0.1) is 11.3 Å². The zero-order valence-electron chi connectivity index (χ0n) is 13.8. The molecule has 5 nitrogen and oxygen atoms in total. The predicted octanol–water partition coefficient (Wildman–Crippen LogP) is 2.66. The average Bonchev–Trinajstić information content (AvgIpc) is 3.07. The molecule has 0 N–H and O–H groups in total. The van der Waals surface area contributed by atoms with Crippen molar-refractivity contribution in [3.8, 4) is 0 Å². The molecular formula is C16H21N3O2S3. The molecular weight excluding hydrogens is 362 g/mol. The summed E-state index contributed by atoms with van der Waals surface area (Å²) in [7, 11) is 0. The molecule has 0 aliphatic carbocycles. The van der Waals surface area contributed by atoms with Gasteiger partial charge in [0.05, 0.1) is 0 Å². The maximum atomic E-state index is 12.4. The summed E-state index contributed by atoms with van der Waals surface area (Å²) in [5.41, 5.74) is 0. The van der Waals surface area contributed by atoms with Crippen molar-refractivity contribution in [1.29, 1.82) is 0 Å². The van der Waals surface area contributed by atoms with Gasteiger partial charge in [-0.05, 0) is 37.5 Å². The Balaban J connectivity index is 1.87. The molecule has 0 radical (unpaired) electrons. The molecule has 0 spiro atoms. The summed E-state index contributed by atoms with van der Waals surface area (Å²) in [6.45, 7) is 5.22. The van der Waals surface area contributed by atoms with Crippen LogP contribution in [-0.4, -0.2) is 58.3 Å². The monoisotopic (exact) mass is 383 g/mol. The highest BCUT2D eigenvalue weighted by atomic mass is 32.2. The van der Waals surface area contributed by atoms with Crippen molar-refractivity contribution in [3.63, 3.8) is 0 Å². The fourth-order valence-corrected chi connectivity index (χ4v) is 4.48. The Bertz CT molecular complexity index is 590. The van der Waals surface area contributed by atoms with Gasteiger partial charge in [0.25, 0.3) is 0 Å². The Labute approximate surface area is 156 Å². The predicted molar refractivity (Wildman–Crippen MR) is 105 cm³/mol. The minimum absolute atomic E-state index is 0.271. The molecule has 1 fully saturated rings. The van der Waals surface area contributed by atoms with Crippen LogP contribution in [-0.2, 0) is 15.3 Å². The van der Waals surface area contributed by atoms with Crippen molar-refractivity contribution in [2.24, 2.45) is 10.9 Å². The molecule has 8 heteroatoms. The molecule has 1 aromatic rings. The lowest BCUT2D eigenvalue weighted by Crippen LogP contribution is -2.59. The second kappa shape index (κ2) is 9.29. The maximum Gasteiger partial charge on any atom is 0.246 e. The molecule has 130 valence electrons. The number of thioether (sulfide) groups is 1. The highest BCUT2D eigenvalue weighted by Gasteiger charge is 2.41. The normalized spacial score (nSPS) is 16.7. The number of rotatable bonds is 8. The molecule has 0 saturated carbocycles. The van der Waals surface area contributed by atoms with Crippen LogP contribution in [0.25, 0.3) is 0 Å². The van der Waals surface area contributed by atoms with E-state index in [9.17, 15) is 9.59 Å². The van der Waals surface area contributed by atoms with Crippen LogP contribution in [0.5, 0.6) is 0 Å². The van der Waals surface area contributed by atoms with E-state index in [4.69, 9.17) is 12.2 Å². The van der Waals surface area contributed by atoms with Gasteiger partial charge in [0.1, 0.15) is 0 Å². The van der Waals surface area contributed by atoms with Gasteiger partial charge in [-0.1, -0.05) is 6.07 Å². The number of thiophene rings is 1. The highest BCUT2D eigenvalue weighted by molar-refractivity contribution is 7.98. The van der Waals surface area contributed by atoms with E-state index in [0.29, 0.717) is 24.7 Å². The summed E-state index contributed by atoms with van der Waals surface area (Å²) in [4.78, 5) is 33.4. The number of carbonyl (C=O) groups is 2. The van der Waals surface area contributed by atoms with Crippen molar-refractivity contribution in [2.75, 3.05) is 25.4 Å². The van der Waals surface area contributed by atoms with E-state index in [0.717, 1.165) is 11.5 Å². The van der Waals surface area contributed by atoms with Gasteiger partial charge in [0.15, 0.2) is 11.0 Å². The van der Waals surface area contributed by atoms with E-state index in [2.05, 4.69) is 16.4 Å². The van der Waals surface area contributed by atoms with Gasteiger partial charge in [0, 0.05) is 42.2 Å². The first-order chi connectivity index (χ1) is 11.6. The topological polar surface area (TPSA) is 53.0 Å². The number of nitrogens with zero attached hydrogens (tertiary/aromatic N) is 3. The van der Waals surface area contributed by atoms with Crippen molar-refractivity contribution in [1.82, 2.24) is 9.80 Å². The lowest BCUT2D eigenvalue weighted by molar-refractivity contribution is -0.143. The van der Waals surface area contributed by atoms with Crippen LogP contribution < -0.4 is 0 Å². The smallest absolute Gasteiger partial charge is 0.246 e. The minimum atomic E-state index is -0.848. The van der Waals surface area contributed by atoms with Gasteiger partial charge in [-0.2, -0.15) is 11.8 Å². The van der Waals surface area contributed by atoms with Crippen LogP contribution in [0.3, 0.4) is 0 Å². The Hall–Kier alpha value is -1.25. The van der Waals surface area contributed by atoms with E-state index in [-0.39, 0.29) is 11.8 Å². The molecule has 1 aromatic heterocycles. The fraction of sp³-hybridized carbons (Fsp3) is 0.500. The molecule has 1 aliphatic rings. The van der Waals surface area contributed by atoms with Crippen molar-refractivity contribution < 1.29 is 9.59 Å². The van der Waals surface area contributed by atoms with Crippen LogP contribution in [0.15, 0.2) is 22.5 Å². The molecule has 0 aromatic carbocycles. The average molecular weight is 384 g/mol. The molecule has 0 atom stereocenters. The fourth-order valence-electron chi connectivity index (χ4n) is 2.35. The van der Waals surface area contributed by atoms with Crippen LogP contribution in [0.4, 0.5) is 0 Å². The summed E-state index contributed by atoms with van der Waals surface area (Å²) in [6.07, 6.45) is 1.49. The van der Waals surface area contributed by atoms with E-state index < -0.39 is 5.92 Å². The minimum Gasteiger partial charge on any atom is -0.295 e. The Morgan fingerprint density at radius 3 is 2.50 bits per heavy atom. The van der Waals surface area contributed by atoms with E-state index in [1.165, 1.54) is 20.9 Å². The van der Waals surface area contributed by atoms with Crippen LogP contribution >= 0.6 is 35.3 Å². The summed E-state index contributed by atoms with van der Waals surface area (Å²) >= 11 is 8.76. The Morgan fingerprint density at radius 1 is 1.29 bits per heavy atom. The third-order valence-corrected chi connectivity index (χ3v) is 6.09. The summed E-state index contributed by atoms with van der Waals surface area (Å²) < 4.78 is 0. The Morgan fingerprint density at radius 2 is 1.96 bits per heavy atom. The van der Waals surface area contributed by atoms with E-state index in [1.807, 2.05) is 19.9 Å². The molecule has 2 amide bonds. The maximum absolute atomic E-state index is 12.4. The molecule has 0 unspecified atom stereocenters. The van der Waals surface area contributed by atoms with Gasteiger partial charge < -0.3 is 0 Å². The molecule has 2 heterocycles. The lowest BCUT2D eigenvalue weighted by atomic mass is 10.1. The van der Waals surface area contributed by atoms with E-state index in [1.54, 1.807) is 23.1 Å². The molecule has 1 saturated heterocycles. The first-order valence-corrected chi connectivity index (χ1v) is 10.3. The quantitative estimate of drug-likeness (QED) is 0.300. The summed E-state index contributed by atoms with van der Waals surface area (Å²) in [5.74, 6) is 0.436. The number of hydrogen-bond donors (Lipinski definition) is 0. The number of carbonyl (C=O) groups excluding carboxylic acids is 2. The van der Waals surface area contributed by atoms with Crippen LogP contribution in [0.1, 0.15) is 18.7 Å². The number of thiocarbonyl (C=S) groups is 1. The zero-order valence-corrected chi connectivity index (χ0v) is 16.3. The first-order valence-electron chi connectivity index (χ1n) is 7.86. The second-order valence-electron chi connectivity index (χ2n) is 5.11. The van der Waals surface area contributed by atoms with Gasteiger partial charge in [-0.25, -0.2) is 0 Å². The largest absolute Gasteiger partial charge is 0.295 e. The summed E-state index contributed by atoms with van der Waals surface area (Å²) in [5, 5.41) is 2.36. The molecule has 2 rings (SSSR count). The van der Waals surface area contributed by atoms with Crippen molar-refractivity contribution >= 4 is 58.5 Å². The summed E-state index contributed by atoms with van der Waals surface area (Å²) in [6, 6.07) is 4.16. The van der Waals surface area contributed by atoms with Crippen molar-refractivity contribution in [3.05, 3.63) is 22.4 Å². The molecule has 1 aliphatic heterocycles. The zero-order chi connectivity index (χ0) is 17.5. The van der Waals surface area contributed by atoms with Gasteiger partial charge in [-0.3, -0.25) is 24.4 Å². The van der Waals surface area contributed by atoms with Gasteiger partial charge in [0.2, 0.25) is 11.8 Å². The third kappa shape index (κ3) is 4.43. The molecule has 0 bridgehead atoms. The molecule has 24 heavy (non-hydrogen) atoms. The first kappa shape index (κ1) is 19.1. The number of aliphatic imine (C=N–C) groups is 1. The van der Waals surface area contributed by atoms with Gasteiger partial charge >= 0.3 is 0 Å². The standard InChI is InChI=1S/C16H21N3O2S3/c1-3-18-14(20)13(15(21)19(4-2)16(18)22)10-17-7-9-23-11-12-6-5-8-24-12/h5-6,8,10,13H,3-4,7,9,11H2,1-2H3. The van der Waals surface area contributed by atoms with E-state index >= 15 is 0 Å². The Kier molecular flexibility index (Phi) is 7.39. The number of hydrogen-bond acceptors (Lipinski definition) is 6.